The average molecular weight is 284 g/mol. The van der Waals surface area contributed by atoms with Crippen molar-refractivity contribution in [2.45, 2.75) is 6.42 Å². The van der Waals surface area contributed by atoms with Crippen LogP contribution < -0.4 is 16.2 Å². The number of hydrogen-bond donors (Lipinski definition) is 3. The summed E-state index contributed by atoms with van der Waals surface area (Å²) in [7, 11) is 1.25. The molecule has 1 aromatic heterocycles. The van der Waals surface area contributed by atoms with Gasteiger partial charge in [-0.1, -0.05) is 0 Å². The van der Waals surface area contributed by atoms with Gasteiger partial charge in [0.25, 0.3) is 5.56 Å². The monoisotopic (exact) mass is 284 g/mol. The van der Waals surface area contributed by atoms with Crippen molar-refractivity contribution in [2.24, 2.45) is 5.92 Å². The maximum absolute atomic E-state index is 11.9. The lowest BCUT2D eigenvalue weighted by Crippen LogP contribution is -2.30. The van der Waals surface area contributed by atoms with Crippen LogP contribution in [0.5, 0.6) is 0 Å². The molecule has 1 aliphatic heterocycles. The third-order valence-electron chi connectivity index (χ3n) is 2.89. The standard InChI is InChI=1S/C10H12N4O4S/c1-18-9(17)4-2-5(15)14(3-4)7-6(11)8(16)13-10(19)12-7/h4H,2-3,11H2,1H3,(H2,12,13,16,19). The zero-order valence-corrected chi connectivity index (χ0v) is 10.9. The van der Waals surface area contributed by atoms with E-state index in [0.717, 1.165) is 0 Å². The maximum atomic E-state index is 11.9. The van der Waals surface area contributed by atoms with Crippen molar-refractivity contribution in [3.8, 4) is 0 Å². The zero-order valence-electron chi connectivity index (χ0n) is 10.1. The van der Waals surface area contributed by atoms with E-state index in [1.807, 2.05) is 0 Å². The molecule has 1 aliphatic rings. The fraction of sp³-hybridized carbons (Fsp3) is 0.400. The number of methoxy groups -OCH3 is 1. The van der Waals surface area contributed by atoms with Crippen LogP contribution in [0, 0.1) is 10.7 Å². The van der Waals surface area contributed by atoms with Crippen molar-refractivity contribution < 1.29 is 14.3 Å². The Hall–Kier alpha value is -2.16. The number of H-pyrrole nitrogens is 2. The second-order valence-corrected chi connectivity index (χ2v) is 4.51. The lowest BCUT2D eigenvalue weighted by atomic mass is 10.1. The molecule has 0 aliphatic carbocycles. The quantitative estimate of drug-likeness (QED) is 0.499. The molecule has 1 fully saturated rings. The van der Waals surface area contributed by atoms with Crippen molar-refractivity contribution in [3.63, 3.8) is 0 Å². The molecule has 8 nitrogen and oxygen atoms in total. The number of nitrogen functional groups attached to an aromatic ring is 1. The number of nitrogens with two attached hydrogens (primary N) is 1. The van der Waals surface area contributed by atoms with E-state index in [-0.39, 0.29) is 35.1 Å². The smallest absolute Gasteiger partial charge is 0.311 e. The lowest BCUT2D eigenvalue weighted by molar-refractivity contribution is -0.145. The number of ether oxygens (including phenoxy) is 1. The summed E-state index contributed by atoms with van der Waals surface area (Å²) in [5.74, 6) is -1.25. The number of aromatic nitrogens is 2. The SMILES string of the molecule is COC(=O)C1CC(=O)N(c2[nH]c(=S)[nH]c(=O)c2N)C1. The summed E-state index contributed by atoms with van der Waals surface area (Å²) in [4.78, 5) is 41.0. The number of carbonyl (C=O) groups excluding carboxylic acids is 2. The van der Waals surface area contributed by atoms with Crippen LogP contribution in [0.2, 0.25) is 0 Å². The normalized spacial score (nSPS) is 18.7. The van der Waals surface area contributed by atoms with Crippen LogP contribution in [-0.2, 0) is 14.3 Å². The maximum Gasteiger partial charge on any atom is 0.311 e. The highest BCUT2D eigenvalue weighted by Gasteiger charge is 2.37. The summed E-state index contributed by atoms with van der Waals surface area (Å²) >= 11 is 4.83. The summed E-state index contributed by atoms with van der Waals surface area (Å²) in [6.45, 7) is 0.102. The first-order chi connectivity index (χ1) is 8.93. The van der Waals surface area contributed by atoms with E-state index in [1.54, 1.807) is 0 Å². The molecule has 2 heterocycles. The summed E-state index contributed by atoms with van der Waals surface area (Å²) < 4.78 is 4.66. The summed E-state index contributed by atoms with van der Waals surface area (Å²) in [6.07, 6.45) is 0.0134. The van der Waals surface area contributed by atoms with Gasteiger partial charge in [-0.05, 0) is 12.2 Å². The van der Waals surface area contributed by atoms with Crippen LogP contribution in [0.1, 0.15) is 6.42 Å². The Balaban J connectivity index is 2.39. The molecule has 1 atom stereocenters. The molecule has 2 rings (SSSR count). The Bertz CT molecular complexity index is 650. The predicted octanol–water partition coefficient (Wildman–Crippen LogP) is -0.459. The molecule has 102 valence electrons. The number of hydrogen-bond acceptors (Lipinski definition) is 6. The first kappa shape index (κ1) is 13.3. The van der Waals surface area contributed by atoms with Gasteiger partial charge in [0.15, 0.2) is 4.77 Å². The topological polar surface area (TPSA) is 121 Å². The van der Waals surface area contributed by atoms with Crippen molar-refractivity contribution >= 4 is 35.6 Å². The van der Waals surface area contributed by atoms with Crippen LogP contribution in [0.15, 0.2) is 4.79 Å². The van der Waals surface area contributed by atoms with E-state index in [9.17, 15) is 14.4 Å². The summed E-state index contributed by atoms with van der Waals surface area (Å²) in [5.41, 5.74) is 4.89. The van der Waals surface area contributed by atoms with Gasteiger partial charge in [0.05, 0.1) is 13.0 Å². The number of amides is 1. The van der Waals surface area contributed by atoms with Gasteiger partial charge in [0.2, 0.25) is 5.91 Å². The zero-order chi connectivity index (χ0) is 14.2. The van der Waals surface area contributed by atoms with Crippen molar-refractivity contribution in [2.75, 3.05) is 24.3 Å². The molecule has 0 spiro atoms. The van der Waals surface area contributed by atoms with Gasteiger partial charge in [-0.25, -0.2) is 0 Å². The second-order valence-electron chi connectivity index (χ2n) is 4.10. The first-order valence-corrected chi connectivity index (χ1v) is 5.85. The van der Waals surface area contributed by atoms with Gasteiger partial charge in [-0.15, -0.1) is 0 Å². The van der Waals surface area contributed by atoms with E-state index in [0.29, 0.717) is 0 Å². The molecule has 19 heavy (non-hydrogen) atoms. The molecule has 1 amide bonds. The van der Waals surface area contributed by atoms with Gasteiger partial charge in [0, 0.05) is 13.0 Å². The Morgan fingerprint density at radius 3 is 2.79 bits per heavy atom. The molecule has 4 N–H and O–H groups in total. The Kier molecular flexibility index (Phi) is 3.38. The van der Waals surface area contributed by atoms with Gasteiger partial charge in [0.1, 0.15) is 11.5 Å². The van der Waals surface area contributed by atoms with Crippen LogP contribution >= 0.6 is 12.2 Å². The Labute approximate surface area is 112 Å². The van der Waals surface area contributed by atoms with Gasteiger partial charge in [-0.3, -0.25) is 24.3 Å². The second kappa shape index (κ2) is 4.84. The Morgan fingerprint density at radius 1 is 1.47 bits per heavy atom. The van der Waals surface area contributed by atoms with Crippen LogP contribution in [0.3, 0.4) is 0 Å². The number of rotatable bonds is 2. The van der Waals surface area contributed by atoms with Gasteiger partial charge >= 0.3 is 5.97 Å². The Morgan fingerprint density at radius 2 is 2.16 bits per heavy atom. The van der Waals surface area contributed by atoms with Crippen LogP contribution in [0.4, 0.5) is 11.5 Å². The highest BCUT2D eigenvalue weighted by molar-refractivity contribution is 7.71. The third-order valence-corrected chi connectivity index (χ3v) is 3.09. The van der Waals surface area contributed by atoms with E-state index in [4.69, 9.17) is 18.0 Å². The van der Waals surface area contributed by atoms with E-state index < -0.39 is 17.4 Å². The highest BCUT2D eigenvalue weighted by Crippen LogP contribution is 2.26. The number of nitrogens with zero attached hydrogens (tertiary/aromatic N) is 1. The highest BCUT2D eigenvalue weighted by atomic mass is 32.1. The fourth-order valence-electron chi connectivity index (χ4n) is 1.95. The first-order valence-electron chi connectivity index (χ1n) is 5.44. The van der Waals surface area contributed by atoms with Crippen LogP contribution in [0.25, 0.3) is 0 Å². The molecule has 0 saturated carbocycles. The van der Waals surface area contributed by atoms with Gasteiger partial charge < -0.3 is 15.5 Å². The van der Waals surface area contributed by atoms with Crippen molar-refractivity contribution in [1.29, 1.82) is 0 Å². The molecular weight excluding hydrogens is 272 g/mol. The summed E-state index contributed by atoms with van der Waals surface area (Å²) in [6, 6.07) is 0. The molecule has 0 radical (unpaired) electrons. The predicted molar refractivity (Wildman–Crippen MR) is 69.1 cm³/mol. The van der Waals surface area contributed by atoms with Crippen molar-refractivity contribution in [3.05, 3.63) is 15.1 Å². The molecular formula is C10H12N4O4S. The van der Waals surface area contributed by atoms with Crippen LogP contribution in [-0.4, -0.2) is 35.5 Å². The number of esters is 1. The van der Waals surface area contributed by atoms with Gasteiger partial charge in [-0.2, -0.15) is 0 Å². The molecule has 9 heteroatoms. The number of nitrogens with one attached hydrogen (secondary N) is 2. The largest absolute Gasteiger partial charge is 0.469 e. The van der Waals surface area contributed by atoms with Crippen molar-refractivity contribution in [1.82, 2.24) is 9.97 Å². The molecule has 1 unspecified atom stereocenters. The summed E-state index contributed by atoms with van der Waals surface area (Å²) in [5, 5.41) is 0. The molecule has 0 bridgehead atoms. The number of anilines is 2. The van der Waals surface area contributed by atoms with E-state index in [1.165, 1.54) is 12.0 Å². The third kappa shape index (κ3) is 2.36. The average Bonchev–Trinajstić information content (AvgIpc) is 2.75. The lowest BCUT2D eigenvalue weighted by Gasteiger charge is -2.17. The minimum Gasteiger partial charge on any atom is -0.469 e. The molecule has 0 aromatic carbocycles. The number of aromatic amines is 2. The molecule has 1 saturated heterocycles. The van der Waals surface area contributed by atoms with E-state index >= 15 is 0 Å². The van der Waals surface area contributed by atoms with E-state index in [2.05, 4.69) is 14.7 Å². The molecule has 1 aromatic rings. The minimum atomic E-state index is -0.576. The number of carbonyl (C=O) groups is 2. The minimum absolute atomic E-state index is 0.0134. The fourth-order valence-corrected chi connectivity index (χ4v) is 2.13.